The second kappa shape index (κ2) is 10.7. The number of methoxy groups -OCH3 is 2. The van der Waals surface area contributed by atoms with Gasteiger partial charge in [-0.25, -0.2) is 4.79 Å². The lowest BCUT2D eigenvalue weighted by Gasteiger charge is -2.28. The number of hydrogen-bond acceptors (Lipinski definition) is 7. The highest BCUT2D eigenvalue weighted by molar-refractivity contribution is 6.22. The third-order valence-corrected chi connectivity index (χ3v) is 8.62. The molecule has 9 heteroatoms. The van der Waals surface area contributed by atoms with E-state index in [0.717, 1.165) is 12.8 Å². The van der Waals surface area contributed by atoms with Crippen LogP contribution in [0.15, 0.2) is 72.8 Å². The van der Waals surface area contributed by atoms with Crippen molar-refractivity contribution in [2.75, 3.05) is 31.0 Å². The molecule has 2 saturated carbocycles. The van der Waals surface area contributed by atoms with E-state index in [1.165, 1.54) is 36.8 Å². The molecular formula is C32H30N2O7. The van der Waals surface area contributed by atoms with Gasteiger partial charge in [0.2, 0.25) is 11.8 Å². The molecule has 3 aliphatic rings. The van der Waals surface area contributed by atoms with Gasteiger partial charge in [0.1, 0.15) is 11.5 Å². The van der Waals surface area contributed by atoms with Gasteiger partial charge in [0.05, 0.1) is 43.0 Å². The van der Waals surface area contributed by atoms with Crippen molar-refractivity contribution in [3.05, 3.63) is 83.9 Å². The molecule has 2 bridgehead atoms. The highest BCUT2D eigenvalue weighted by Crippen LogP contribution is 2.61. The zero-order valence-corrected chi connectivity index (χ0v) is 22.7. The van der Waals surface area contributed by atoms with Crippen LogP contribution in [0.2, 0.25) is 0 Å². The minimum absolute atomic E-state index is 0.154. The largest absolute Gasteiger partial charge is 0.497 e. The smallest absolute Gasteiger partial charge is 0.338 e. The Hall–Kier alpha value is -4.66. The minimum Gasteiger partial charge on any atom is -0.497 e. The van der Waals surface area contributed by atoms with Crippen molar-refractivity contribution in [2.24, 2.45) is 23.7 Å². The molecule has 0 aromatic heterocycles. The molecule has 3 aromatic rings. The molecule has 6 rings (SSSR count). The Bertz CT molecular complexity index is 1500. The van der Waals surface area contributed by atoms with Gasteiger partial charge >= 0.3 is 5.97 Å². The van der Waals surface area contributed by atoms with E-state index in [4.69, 9.17) is 14.2 Å². The van der Waals surface area contributed by atoms with Gasteiger partial charge in [-0.1, -0.05) is 30.3 Å². The van der Waals surface area contributed by atoms with Crippen LogP contribution in [-0.4, -0.2) is 44.5 Å². The van der Waals surface area contributed by atoms with Crippen LogP contribution in [0.5, 0.6) is 11.5 Å². The Morgan fingerprint density at radius 3 is 2.32 bits per heavy atom. The van der Waals surface area contributed by atoms with Crippen LogP contribution in [0, 0.1) is 23.7 Å². The molecule has 210 valence electrons. The maximum atomic E-state index is 13.5. The first-order valence-corrected chi connectivity index (χ1v) is 13.6. The first-order chi connectivity index (χ1) is 19.9. The first kappa shape index (κ1) is 26.6. The monoisotopic (exact) mass is 554 g/mol. The molecule has 5 atom stereocenters. The van der Waals surface area contributed by atoms with E-state index in [0.29, 0.717) is 28.8 Å². The lowest BCUT2D eigenvalue weighted by Crippen LogP contribution is -2.33. The molecule has 1 aliphatic heterocycles. The van der Waals surface area contributed by atoms with Crippen LogP contribution < -0.4 is 19.7 Å². The minimum atomic E-state index is -0.705. The maximum absolute atomic E-state index is 13.5. The van der Waals surface area contributed by atoms with Crippen LogP contribution in [0.25, 0.3) is 0 Å². The number of anilines is 2. The van der Waals surface area contributed by atoms with Crippen LogP contribution >= 0.6 is 0 Å². The molecule has 0 unspecified atom stereocenters. The van der Waals surface area contributed by atoms with Crippen molar-refractivity contribution in [3.8, 4) is 11.5 Å². The molecule has 1 N–H and O–H groups in total. The van der Waals surface area contributed by atoms with E-state index >= 15 is 0 Å². The van der Waals surface area contributed by atoms with Crippen LogP contribution in [0.1, 0.15) is 34.7 Å². The van der Waals surface area contributed by atoms with Crippen molar-refractivity contribution >= 4 is 35.1 Å². The molecule has 1 heterocycles. The number of hydrogen-bond donors (Lipinski definition) is 1. The standard InChI is InChI=1S/C32H30N2O7/c1-39-22-12-13-26(40-2)25(16-22)33-27(35)17-41-32(38)19-8-10-21(11-9-19)34-30(36)28-20-14-23(18-6-4-3-5-7-18)24(15-20)29(28)31(34)37/h3-13,16,20,23-24,28-29H,14-15,17H2,1-2H3,(H,33,35)/t20-,23-,24+,28+,29-/m0/s1. The summed E-state index contributed by atoms with van der Waals surface area (Å²) in [6, 6.07) is 21.3. The fraction of sp³-hybridized carbons (Fsp3) is 0.312. The Kier molecular flexibility index (Phi) is 6.95. The summed E-state index contributed by atoms with van der Waals surface area (Å²) in [6.07, 6.45) is 1.83. The number of amides is 3. The summed E-state index contributed by atoms with van der Waals surface area (Å²) < 4.78 is 15.6. The summed E-state index contributed by atoms with van der Waals surface area (Å²) >= 11 is 0. The second-order valence-electron chi connectivity index (χ2n) is 10.7. The molecule has 0 radical (unpaired) electrons. The van der Waals surface area contributed by atoms with E-state index < -0.39 is 18.5 Å². The second-order valence-corrected chi connectivity index (χ2v) is 10.7. The molecule has 0 spiro atoms. The Morgan fingerprint density at radius 2 is 1.61 bits per heavy atom. The zero-order chi connectivity index (χ0) is 28.7. The van der Waals surface area contributed by atoms with E-state index in [9.17, 15) is 19.2 Å². The summed E-state index contributed by atoms with van der Waals surface area (Å²) in [4.78, 5) is 53.3. The zero-order valence-electron chi connectivity index (χ0n) is 22.7. The molecular weight excluding hydrogens is 524 g/mol. The quantitative estimate of drug-likeness (QED) is 0.324. The van der Waals surface area contributed by atoms with Gasteiger partial charge in [0.15, 0.2) is 6.61 Å². The average Bonchev–Trinajstić information content (AvgIpc) is 3.67. The van der Waals surface area contributed by atoms with Gasteiger partial charge in [0.25, 0.3) is 5.91 Å². The van der Waals surface area contributed by atoms with Crippen molar-refractivity contribution in [1.29, 1.82) is 0 Å². The fourth-order valence-corrected chi connectivity index (χ4v) is 6.86. The molecule has 1 saturated heterocycles. The van der Waals surface area contributed by atoms with Crippen LogP contribution in [-0.2, 0) is 19.1 Å². The number of imide groups is 1. The third kappa shape index (κ3) is 4.71. The lowest BCUT2D eigenvalue weighted by atomic mass is 9.73. The lowest BCUT2D eigenvalue weighted by molar-refractivity contribution is -0.123. The summed E-state index contributed by atoms with van der Waals surface area (Å²) in [7, 11) is 2.98. The van der Waals surface area contributed by atoms with Gasteiger partial charge in [-0.3, -0.25) is 19.3 Å². The predicted octanol–water partition coefficient (Wildman–Crippen LogP) is 4.43. The third-order valence-electron chi connectivity index (χ3n) is 8.62. The van der Waals surface area contributed by atoms with E-state index in [1.807, 2.05) is 18.2 Å². The fourth-order valence-electron chi connectivity index (χ4n) is 6.86. The average molecular weight is 555 g/mol. The van der Waals surface area contributed by atoms with Gasteiger partial charge in [-0.2, -0.15) is 0 Å². The Balaban J connectivity index is 1.09. The number of nitrogens with one attached hydrogen (secondary N) is 1. The molecule has 3 aromatic carbocycles. The molecule has 9 nitrogen and oxygen atoms in total. The molecule has 2 aliphatic carbocycles. The summed E-state index contributed by atoms with van der Waals surface area (Å²) in [5.74, 6) is -0.545. The molecule has 3 fully saturated rings. The number of carbonyl (C=O) groups is 4. The summed E-state index contributed by atoms with van der Waals surface area (Å²) in [6.45, 7) is -0.515. The van der Waals surface area contributed by atoms with Gasteiger partial charge in [-0.15, -0.1) is 0 Å². The van der Waals surface area contributed by atoms with Crippen molar-refractivity contribution in [3.63, 3.8) is 0 Å². The van der Waals surface area contributed by atoms with Crippen molar-refractivity contribution < 1.29 is 33.4 Å². The SMILES string of the molecule is COc1ccc(OC)c(NC(=O)COC(=O)c2ccc(N3C(=O)[C@@H]4[C@@H]5C[C@@H]([C@@H]4C3=O)[C@H](c3ccccc3)C5)cc2)c1. The number of fused-ring (bicyclic) bond motifs is 5. The highest BCUT2D eigenvalue weighted by Gasteiger charge is 2.64. The maximum Gasteiger partial charge on any atom is 0.338 e. The molecule has 41 heavy (non-hydrogen) atoms. The number of nitrogens with zero attached hydrogens (tertiary/aromatic N) is 1. The number of rotatable bonds is 8. The van der Waals surface area contributed by atoms with Crippen LogP contribution in [0.3, 0.4) is 0 Å². The van der Waals surface area contributed by atoms with E-state index in [2.05, 4.69) is 17.4 Å². The van der Waals surface area contributed by atoms with Gasteiger partial charge < -0.3 is 19.5 Å². The normalized spacial score (nSPS) is 24.2. The molecule has 3 amide bonds. The van der Waals surface area contributed by atoms with Gasteiger partial charge in [-0.05, 0) is 72.6 Å². The first-order valence-electron chi connectivity index (χ1n) is 13.6. The number of benzene rings is 3. The van der Waals surface area contributed by atoms with Gasteiger partial charge in [0, 0.05) is 6.07 Å². The Morgan fingerprint density at radius 1 is 0.878 bits per heavy atom. The summed E-state index contributed by atoms with van der Waals surface area (Å²) in [5.41, 5.74) is 2.25. The van der Waals surface area contributed by atoms with Crippen LogP contribution in [0.4, 0.5) is 11.4 Å². The summed E-state index contributed by atoms with van der Waals surface area (Å²) in [5, 5.41) is 2.64. The van der Waals surface area contributed by atoms with E-state index in [-0.39, 0.29) is 41.0 Å². The highest BCUT2D eigenvalue weighted by atomic mass is 16.5. The number of esters is 1. The van der Waals surface area contributed by atoms with Crippen molar-refractivity contribution in [2.45, 2.75) is 18.8 Å². The van der Waals surface area contributed by atoms with E-state index in [1.54, 1.807) is 30.3 Å². The Labute approximate surface area is 237 Å². The number of ether oxygens (including phenoxy) is 3. The van der Waals surface area contributed by atoms with Crippen molar-refractivity contribution in [1.82, 2.24) is 0 Å². The number of carbonyl (C=O) groups excluding carboxylic acids is 4. The predicted molar refractivity (Wildman–Crippen MR) is 150 cm³/mol. The topological polar surface area (TPSA) is 111 Å².